The van der Waals surface area contributed by atoms with Crippen molar-refractivity contribution in [2.75, 3.05) is 30.9 Å². The maximum absolute atomic E-state index is 12.7. The highest BCUT2D eigenvalue weighted by atomic mass is 35.5. The van der Waals surface area contributed by atoms with E-state index in [1.807, 2.05) is 24.3 Å². The van der Waals surface area contributed by atoms with Crippen LogP contribution in [0.15, 0.2) is 47.4 Å². The Morgan fingerprint density at radius 1 is 1.24 bits per heavy atom. The van der Waals surface area contributed by atoms with Crippen molar-refractivity contribution < 1.29 is 17.9 Å². The van der Waals surface area contributed by atoms with E-state index in [2.05, 4.69) is 4.72 Å². The van der Waals surface area contributed by atoms with Crippen LogP contribution in [-0.2, 0) is 20.6 Å². The van der Waals surface area contributed by atoms with Crippen molar-refractivity contribution in [2.45, 2.75) is 23.5 Å². The van der Waals surface area contributed by atoms with E-state index in [1.54, 1.807) is 22.7 Å². The van der Waals surface area contributed by atoms with Crippen molar-refractivity contribution in [3.8, 4) is 5.75 Å². The van der Waals surface area contributed by atoms with E-state index in [1.165, 1.54) is 19.2 Å². The molecule has 0 aliphatic carbocycles. The Morgan fingerprint density at radius 3 is 2.72 bits per heavy atom. The molecule has 0 spiro atoms. The fourth-order valence-corrected chi connectivity index (χ4v) is 5.40. The number of methoxy groups -OCH3 is 1. The highest BCUT2D eigenvalue weighted by Gasteiger charge is 2.26. The highest BCUT2D eigenvalue weighted by Crippen LogP contribution is 2.33. The molecule has 1 saturated heterocycles. The van der Waals surface area contributed by atoms with E-state index in [9.17, 15) is 13.2 Å². The molecule has 3 rings (SSSR count). The summed E-state index contributed by atoms with van der Waals surface area (Å²) in [6.07, 6.45) is 1.21. The van der Waals surface area contributed by atoms with Crippen molar-refractivity contribution >= 4 is 45.0 Å². The number of anilines is 1. The van der Waals surface area contributed by atoms with Gasteiger partial charge in [-0.25, -0.2) is 13.1 Å². The number of nitrogens with zero attached hydrogens (tertiary/aromatic N) is 1. The van der Waals surface area contributed by atoms with Crippen LogP contribution in [-0.4, -0.2) is 40.3 Å². The Hall–Kier alpha value is -1.74. The monoisotopic (exact) mass is 454 g/mol. The number of hydrogen-bond donors (Lipinski definition) is 1. The minimum absolute atomic E-state index is 0.0261. The minimum Gasteiger partial charge on any atom is -0.495 e. The van der Waals surface area contributed by atoms with Crippen molar-refractivity contribution in [1.82, 2.24) is 4.72 Å². The van der Waals surface area contributed by atoms with Crippen molar-refractivity contribution in [3.63, 3.8) is 0 Å². The van der Waals surface area contributed by atoms with E-state index < -0.39 is 10.0 Å². The summed E-state index contributed by atoms with van der Waals surface area (Å²) in [6.45, 7) is 0.853. The Morgan fingerprint density at radius 2 is 2.03 bits per heavy atom. The van der Waals surface area contributed by atoms with Crippen molar-refractivity contribution in [3.05, 3.63) is 53.1 Å². The summed E-state index contributed by atoms with van der Waals surface area (Å²) in [5, 5.41) is 0.711. The second-order valence-electron chi connectivity index (χ2n) is 6.52. The van der Waals surface area contributed by atoms with Crippen LogP contribution in [0.25, 0.3) is 0 Å². The Bertz CT molecular complexity index is 982. The van der Waals surface area contributed by atoms with Gasteiger partial charge in [-0.3, -0.25) is 4.79 Å². The van der Waals surface area contributed by atoms with Gasteiger partial charge in [0, 0.05) is 36.0 Å². The van der Waals surface area contributed by atoms with Gasteiger partial charge in [-0.05, 0) is 36.2 Å². The van der Waals surface area contributed by atoms with Gasteiger partial charge >= 0.3 is 0 Å². The number of benzene rings is 2. The maximum atomic E-state index is 12.7. The van der Waals surface area contributed by atoms with Gasteiger partial charge in [0.2, 0.25) is 15.9 Å². The zero-order valence-electron chi connectivity index (χ0n) is 16.1. The van der Waals surface area contributed by atoms with E-state index in [0.717, 1.165) is 12.0 Å². The van der Waals surface area contributed by atoms with Crippen LogP contribution in [0.2, 0.25) is 5.02 Å². The fraction of sp³-hybridized carbons (Fsp3) is 0.350. The topological polar surface area (TPSA) is 75.7 Å². The quantitative estimate of drug-likeness (QED) is 0.585. The lowest BCUT2D eigenvalue weighted by atomic mass is 10.2. The molecule has 0 bridgehead atoms. The number of amides is 1. The summed E-state index contributed by atoms with van der Waals surface area (Å²) in [5.74, 6) is 1.78. The molecule has 1 N–H and O–H groups in total. The first-order chi connectivity index (χ1) is 13.9. The first-order valence-corrected chi connectivity index (χ1v) is 12.2. The van der Waals surface area contributed by atoms with Gasteiger partial charge in [-0.15, -0.1) is 0 Å². The molecule has 29 heavy (non-hydrogen) atoms. The third kappa shape index (κ3) is 5.45. The summed E-state index contributed by atoms with van der Waals surface area (Å²) in [7, 11) is -2.19. The number of ether oxygens (including phenoxy) is 1. The van der Waals surface area contributed by atoms with Gasteiger partial charge in [0.05, 0.1) is 17.7 Å². The third-order valence-electron chi connectivity index (χ3n) is 4.58. The zero-order valence-corrected chi connectivity index (χ0v) is 18.4. The summed E-state index contributed by atoms with van der Waals surface area (Å²) < 4.78 is 33.3. The summed E-state index contributed by atoms with van der Waals surface area (Å²) in [6, 6.07) is 12.2. The van der Waals surface area contributed by atoms with E-state index in [-0.39, 0.29) is 10.8 Å². The highest BCUT2D eigenvalue weighted by molar-refractivity contribution is 7.98. The molecule has 1 fully saturated rings. The predicted octanol–water partition coefficient (Wildman–Crippen LogP) is 3.69. The summed E-state index contributed by atoms with van der Waals surface area (Å²) in [5.41, 5.74) is 1.52. The molecule has 1 aliphatic heterocycles. The van der Waals surface area contributed by atoms with E-state index in [4.69, 9.17) is 16.3 Å². The molecule has 2 aromatic carbocycles. The number of halogens is 1. The molecule has 0 unspecified atom stereocenters. The second-order valence-corrected chi connectivity index (χ2v) is 9.80. The van der Waals surface area contributed by atoms with Crippen LogP contribution >= 0.6 is 23.4 Å². The van der Waals surface area contributed by atoms with Gasteiger partial charge in [0.15, 0.2) is 0 Å². The van der Waals surface area contributed by atoms with Gasteiger partial charge in [0.1, 0.15) is 5.75 Å². The fourth-order valence-electron chi connectivity index (χ4n) is 3.08. The molecule has 0 radical (unpaired) electrons. The Labute approximate surface area is 180 Å². The average molecular weight is 455 g/mol. The van der Waals surface area contributed by atoms with Gasteiger partial charge in [-0.1, -0.05) is 29.8 Å². The molecule has 1 aliphatic rings. The molecule has 6 nitrogen and oxygen atoms in total. The smallest absolute Gasteiger partial charge is 0.240 e. The second kappa shape index (κ2) is 9.84. The first kappa shape index (κ1) is 22.0. The van der Waals surface area contributed by atoms with Crippen LogP contribution in [0.1, 0.15) is 18.4 Å². The zero-order chi connectivity index (χ0) is 20.9. The number of thioether (sulfide) groups is 1. The van der Waals surface area contributed by atoms with Crippen LogP contribution in [0.4, 0.5) is 5.69 Å². The molecular weight excluding hydrogens is 432 g/mol. The van der Waals surface area contributed by atoms with Gasteiger partial charge in [-0.2, -0.15) is 11.8 Å². The Kier molecular flexibility index (Phi) is 7.45. The predicted molar refractivity (Wildman–Crippen MR) is 117 cm³/mol. The number of rotatable bonds is 9. The lowest BCUT2D eigenvalue weighted by molar-refractivity contribution is -0.117. The Balaban J connectivity index is 1.61. The average Bonchev–Trinajstić information content (AvgIpc) is 3.14. The maximum Gasteiger partial charge on any atom is 0.240 e. The first-order valence-electron chi connectivity index (χ1n) is 9.21. The standard InChI is InChI=1S/C20H23ClN2O4S2/c1-27-19-9-8-16(13-18(19)23-11-4-7-20(23)24)29(25,26)22-10-12-28-14-15-5-2-3-6-17(15)21/h2-3,5-6,8-9,13,22H,4,7,10-12,14H2,1H3. The molecule has 9 heteroatoms. The van der Waals surface area contributed by atoms with E-state index >= 15 is 0 Å². The minimum atomic E-state index is -3.69. The third-order valence-corrected chi connectivity index (χ3v) is 7.41. The molecule has 2 aromatic rings. The molecule has 0 saturated carbocycles. The van der Waals surface area contributed by atoms with Gasteiger partial charge in [0.25, 0.3) is 0 Å². The SMILES string of the molecule is COc1ccc(S(=O)(=O)NCCSCc2ccccc2Cl)cc1N1CCCC1=O. The van der Waals surface area contributed by atoms with Crippen LogP contribution in [0.3, 0.4) is 0 Å². The molecule has 156 valence electrons. The number of carbonyl (C=O) groups is 1. The van der Waals surface area contributed by atoms with Crippen LogP contribution in [0.5, 0.6) is 5.75 Å². The van der Waals surface area contributed by atoms with Gasteiger partial charge < -0.3 is 9.64 Å². The largest absolute Gasteiger partial charge is 0.495 e. The van der Waals surface area contributed by atoms with Crippen LogP contribution < -0.4 is 14.4 Å². The lowest BCUT2D eigenvalue weighted by Crippen LogP contribution is -2.27. The van der Waals surface area contributed by atoms with E-state index in [0.29, 0.717) is 47.5 Å². The summed E-state index contributed by atoms with van der Waals surface area (Å²) in [4.78, 5) is 13.8. The number of sulfonamides is 1. The normalized spacial score (nSPS) is 14.4. The number of hydrogen-bond acceptors (Lipinski definition) is 5. The van der Waals surface area contributed by atoms with Crippen LogP contribution in [0, 0.1) is 0 Å². The molecular formula is C20H23ClN2O4S2. The summed E-state index contributed by atoms with van der Waals surface area (Å²) >= 11 is 7.73. The molecule has 1 heterocycles. The molecule has 1 amide bonds. The molecule has 0 atom stereocenters. The number of nitrogens with one attached hydrogen (secondary N) is 1. The van der Waals surface area contributed by atoms with Crippen molar-refractivity contribution in [1.29, 1.82) is 0 Å². The molecule has 0 aromatic heterocycles. The lowest BCUT2D eigenvalue weighted by Gasteiger charge is -2.20. The van der Waals surface area contributed by atoms with Crippen molar-refractivity contribution in [2.24, 2.45) is 0 Å². The number of carbonyl (C=O) groups excluding carboxylic acids is 1.